The summed E-state index contributed by atoms with van der Waals surface area (Å²) in [7, 11) is 1.56. The molecule has 0 spiro atoms. The Bertz CT molecular complexity index is 463. The van der Waals surface area contributed by atoms with E-state index >= 15 is 0 Å². The molecule has 1 aromatic rings. The van der Waals surface area contributed by atoms with Gasteiger partial charge in [0.1, 0.15) is 11.5 Å². The highest BCUT2D eigenvalue weighted by Crippen LogP contribution is 2.08. The molecule has 7 heteroatoms. The van der Waals surface area contributed by atoms with Gasteiger partial charge in [0.15, 0.2) is 0 Å². The summed E-state index contributed by atoms with van der Waals surface area (Å²) in [5.74, 6) is 0.146. The number of aromatic nitrogens is 2. The first-order chi connectivity index (χ1) is 7.61. The van der Waals surface area contributed by atoms with Gasteiger partial charge in [0.25, 0.3) is 5.56 Å². The molecule has 1 heterocycles. The van der Waals surface area contributed by atoms with Crippen LogP contribution in [0.1, 0.15) is 6.92 Å². The van der Waals surface area contributed by atoms with Gasteiger partial charge in [-0.15, -0.1) is 0 Å². The fraction of sp³-hybridized carbons (Fsp3) is 0.556. The summed E-state index contributed by atoms with van der Waals surface area (Å²) in [6, 6.07) is 0. The van der Waals surface area contributed by atoms with E-state index in [4.69, 9.17) is 10.5 Å². The second-order valence-electron chi connectivity index (χ2n) is 3.18. The Labute approximate surface area is 92.2 Å². The fourth-order valence-corrected chi connectivity index (χ4v) is 1.35. The predicted octanol–water partition coefficient (Wildman–Crippen LogP) is -0.803. The highest BCUT2D eigenvalue weighted by Gasteiger charge is 2.10. The molecule has 0 saturated heterocycles. The lowest BCUT2D eigenvalue weighted by atomic mass is 10.4. The molecular weight excluding hydrogens is 212 g/mol. The van der Waals surface area contributed by atoms with Crippen molar-refractivity contribution in [1.29, 1.82) is 0 Å². The van der Waals surface area contributed by atoms with Crippen molar-refractivity contribution in [3.63, 3.8) is 0 Å². The van der Waals surface area contributed by atoms with Gasteiger partial charge < -0.3 is 15.8 Å². The van der Waals surface area contributed by atoms with Crippen LogP contribution in [0, 0.1) is 0 Å². The number of hydrogen-bond donors (Lipinski definition) is 3. The molecule has 1 rings (SSSR count). The minimum absolute atomic E-state index is 0.146. The predicted molar refractivity (Wildman–Crippen MR) is 61.8 cm³/mol. The molecular formula is C9H16N4O3. The lowest BCUT2D eigenvalue weighted by Crippen LogP contribution is -2.34. The molecule has 0 aromatic carbocycles. The van der Waals surface area contributed by atoms with Gasteiger partial charge in [0, 0.05) is 20.2 Å². The van der Waals surface area contributed by atoms with Crippen LogP contribution in [0.25, 0.3) is 0 Å². The molecule has 7 nitrogen and oxygen atoms in total. The van der Waals surface area contributed by atoms with Crippen molar-refractivity contribution in [2.75, 3.05) is 31.3 Å². The Morgan fingerprint density at radius 1 is 1.50 bits per heavy atom. The number of methoxy groups -OCH3 is 1. The maximum Gasteiger partial charge on any atom is 0.330 e. The summed E-state index contributed by atoms with van der Waals surface area (Å²) in [5, 5.41) is 2.83. The summed E-state index contributed by atoms with van der Waals surface area (Å²) < 4.78 is 6.13. The molecule has 0 bridgehead atoms. The van der Waals surface area contributed by atoms with Gasteiger partial charge in [-0.1, -0.05) is 0 Å². The number of H-pyrrole nitrogens is 1. The van der Waals surface area contributed by atoms with Crippen LogP contribution < -0.4 is 22.3 Å². The minimum Gasteiger partial charge on any atom is -0.383 e. The van der Waals surface area contributed by atoms with Crippen molar-refractivity contribution in [2.45, 2.75) is 13.5 Å². The monoisotopic (exact) mass is 228 g/mol. The zero-order valence-corrected chi connectivity index (χ0v) is 9.37. The molecule has 0 fully saturated rings. The summed E-state index contributed by atoms with van der Waals surface area (Å²) in [5.41, 5.74) is 4.92. The van der Waals surface area contributed by atoms with Crippen LogP contribution in [-0.2, 0) is 11.3 Å². The third kappa shape index (κ3) is 2.43. The number of anilines is 2. The van der Waals surface area contributed by atoms with Gasteiger partial charge in [-0.3, -0.25) is 14.3 Å². The summed E-state index contributed by atoms with van der Waals surface area (Å²) in [6.07, 6.45) is 0. The molecule has 90 valence electrons. The first kappa shape index (κ1) is 12.3. The van der Waals surface area contributed by atoms with Crippen LogP contribution in [-0.4, -0.2) is 29.8 Å². The Morgan fingerprint density at radius 3 is 2.75 bits per heavy atom. The van der Waals surface area contributed by atoms with Crippen LogP contribution in [0.4, 0.5) is 11.5 Å². The molecule has 0 amide bonds. The number of nitrogen functional groups attached to an aromatic ring is 1. The van der Waals surface area contributed by atoms with Gasteiger partial charge in [0.05, 0.1) is 6.61 Å². The molecule has 0 unspecified atom stereocenters. The highest BCUT2D eigenvalue weighted by atomic mass is 16.5. The first-order valence-corrected chi connectivity index (χ1v) is 4.97. The van der Waals surface area contributed by atoms with E-state index < -0.39 is 11.2 Å². The summed E-state index contributed by atoms with van der Waals surface area (Å²) in [4.78, 5) is 25.0. The number of nitrogens with two attached hydrogens (primary N) is 1. The molecule has 4 N–H and O–H groups in total. The van der Waals surface area contributed by atoms with E-state index in [1.807, 2.05) is 0 Å². The lowest BCUT2D eigenvalue weighted by molar-refractivity contribution is 0.210. The second-order valence-corrected chi connectivity index (χ2v) is 3.18. The van der Waals surface area contributed by atoms with E-state index in [2.05, 4.69) is 10.3 Å². The van der Waals surface area contributed by atoms with E-state index in [0.29, 0.717) is 19.7 Å². The van der Waals surface area contributed by atoms with E-state index in [0.717, 1.165) is 0 Å². The molecule has 0 atom stereocenters. The Kier molecular flexibility index (Phi) is 4.12. The highest BCUT2D eigenvalue weighted by molar-refractivity contribution is 5.60. The minimum atomic E-state index is -0.511. The zero-order chi connectivity index (χ0) is 12.1. The average Bonchev–Trinajstić information content (AvgIpc) is 2.23. The molecule has 0 aliphatic heterocycles. The van der Waals surface area contributed by atoms with E-state index in [-0.39, 0.29) is 11.5 Å². The smallest absolute Gasteiger partial charge is 0.330 e. The molecule has 0 aliphatic carbocycles. The van der Waals surface area contributed by atoms with E-state index in [1.54, 1.807) is 14.0 Å². The SMILES string of the molecule is CCn1c(N)c(NCCOC)c(=O)[nH]c1=O. The molecule has 0 saturated carbocycles. The average molecular weight is 228 g/mol. The van der Waals surface area contributed by atoms with Crippen molar-refractivity contribution in [3.8, 4) is 0 Å². The number of hydrogen-bond acceptors (Lipinski definition) is 5. The number of ether oxygens (including phenoxy) is 1. The van der Waals surface area contributed by atoms with E-state index in [9.17, 15) is 9.59 Å². The fourth-order valence-electron chi connectivity index (χ4n) is 1.35. The standard InChI is InChI=1S/C9H16N4O3/c1-3-13-7(10)6(11-4-5-16-2)8(14)12-9(13)15/h11H,3-5,10H2,1-2H3,(H,12,14,15). The Hall–Kier alpha value is -1.76. The van der Waals surface area contributed by atoms with Crippen LogP contribution in [0.3, 0.4) is 0 Å². The number of nitrogens with one attached hydrogen (secondary N) is 2. The molecule has 16 heavy (non-hydrogen) atoms. The van der Waals surface area contributed by atoms with Crippen molar-refractivity contribution < 1.29 is 4.74 Å². The number of aromatic amines is 1. The quantitative estimate of drug-likeness (QED) is 0.572. The summed E-state index contributed by atoms with van der Waals surface area (Å²) >= 11 is 0. The third-order valence-corrected chi connectivity index (χ3v) is 2.16. The van der Waals surface area contributed by atoms with Crippen molar-refractivity contribution in [1.82, 2.24) is 9.55 Å². The number of rotatable bonds is 5. The van der Waals surface area contributed by atoms with Crippen LogP contribution in [0.15, 0.2) is 9.59 Å². The van der Waals surface area contributed by atoms with Crippen molar-refractivity contribution in [3.05, 3.63) is 20.8 Å². The molecule has 0 aliphatic rings. The maximum absolute atomic E-state index is 11.5. The second kappa shape index (κ2) is 5.36. The van der Waals surface area contributed by atoms with Gasteiger partial charge in [-0.2, -0.15) is 0 Å². The summed E-state index contributed by atoms with van der Waals surface area (Å²) in [6.45, 7) is 3.07. The van der Waals surface area contributed by atoms with Crippen LogP contribution in [0.2, 0.25) is 0 Å². The Morgan fingerprint density at radius 2 is 2.19 bits per heavy atom. The number of nitrogens with zero attached hydrogens (tertiary/aromatic N) is 1. The van der Waals surface area contributed by atoms with Gasteiger partial charge >= 0.3 is 5.69 Å². The lowest BCUT2D eigenvalue weighted by Gasteiger charge is -2.11. The van der Waals surface area contributed by atoms with Gasteiger partial charge in [-0.05, 0) is 6.92 Å². The largest absolute Gasteiger partial charge is 0.383 e. The third-order valence-electron chi connectivity index (χ3n) is 2.16. The van der Waals surface area contributed by atoms with E-state index in [1.165, 1.54) is 4.57 Å². The maximum atomic E-state index is 11.5. The van der Waals surface area contributed by atoms with Crippen molar-refractivity contribution >= 4 is 11.5 Å². The first-order valence-electron chi connectivity index (χ1n) is 4.97. The van der Waals surface area contributed by atoms with Gasteiger partial charge in [0.2, 0.25) is 0 Å². The van der Waals surface area contributed by atoms with Crippen LogP contribution in [0.5, 0.6) is 0 Å². The van der Waals surface area contributed by atoms with Gasteiger partial charge in [-0.25, -0.2) is 4.79 Å². The topological polar surface area (TPSA) is 102 Å². The molecule has 1 aromatic heterocycles. The Balaban J connectivity index is 3.08. The van der Waals surface area contributed by atoms with Crippen molar-refractivity contribution in [2.24, 2.45) is 0 Å². The normalized spacial score (nSPS) is 10.4. The molecule has 0 radical (unpaired) electrons. The van der Waals surface area contributed by atoms with Crippen LogP contribution >= 0.6 is 0 Å². The zero-order valence-electron chi connectivity index (χ0n) is 9.37.